The molecular weight excluding hydrogens is 476 g/mol. The van der Waals surface area contributed by atoms with Crippen LogP contribution in [0.15, 0.2) is 72.8 Å². The summed E-state index contributed by atoms with van der Waals surface area (Å²) in [5.74, 6) is -3.55. The van der Waals surface area contributed by atoms with Crippen molar-refractivity contribution in [1.29, 1.82) is 0 Å². The number of carboxylic acid groups (broad SMARTS) is 2. The lowest BCUT2D eigenvalue weighted by Crippen LogP contribution is -2.07. The van der Waals surface area contributed by atoms with Gasteiger partial charge in [-0.2, -0.15) is 0 Å². The van der Waals surface area contributed by atoms with Crippen LogP contribution < -0.4 is 4.74 Å². The van der Waals surface area contributed by atoms with Crippen molar-refractivity contribution >= 4 is 23.9 Å². The van der Waals surface area contributed by atoms with E-state index >= 15 is 0 Å². The Labute approximate surface area is 209 Å². The largest absolute Gasteiger partial charge is 0.478 e. The van der Waals surface area contributed by atoms with Crippen molar-refractivity contribution in [2.24, 2.45) is 0 Å². The van der Waals surface area contributed by atoms with Crippen LogP contribution in [-0.4, -0.2) is 34.1 Å². The van der Waals surface area contributed by atoms with Gasteiger partial charge in [-0.3, -0.25) is 0 Å². The molecule has 4 aromatic rings. The molecule has 0 unspecified atom stereocenters. The van der Waals surface area contributed by atoms with Crippen LogP contribution in [0.25, 0.3) is 22.3 Å². The average Bonchev–Trinajstić information content (AvgIpc) is 3.40. The summed E-state index contributed by atoms with van der Waals surface area (Å²) in [5.41, 5.74) is 4.78. The van der Waals surface area contributed by atoms with E-state index < -0.39 is 29.4 Å². The Hall–Kier alpha value is -5.24. The number of benzene rings is 4. The minimum absolute atomic E-state index is 0.152. The second kappa shape index (κ2) is 8.17. The number of aromatic carboxylic acids is 2. The smallest absolute Gasteiger partial charge is 0.347 e. The van der Waals surface area contributed by atoms with Crippen LogP contribution in [0.1, 0.15) is 52.6 Å². The molecule has 0 amide bonds. The van der Waals surface area contributed by atoms with Gasteiger partial charge in [0.05, 0.1) is 22.3 Å². The van der Waals surface area contributed by atoms with Crippen LogP contribution in [0, 0.1) is 0 Å². The van der Waals surface area contributed by atoms with E-state index in [1.807, 2.05) is 30.3 Å². The van der Waals surface area contributed by atoms with Crippen LogP contribution in [-0.2, 0) is 11.2 Å². The molecular formula is C29H16O8. The van der Waals surface area contributed by atoms with E-state index in [2.05, 4.69) is 0 Å². The summed E-state index contributed by atoms with van der Waals surface area (Å²) in [6, 6.07) is 20.1. The number of hydrogen-bond donors (Lipinski definition) is 2. The molecule has 37 heavy (non-hydrogen) atoms. The summed E-state index contributed by atoms with van der Waals surface area (Å²) in [4.78, 5) is 48.0. The number of rotatable bonds is 5. The van der Waals surface area contributed by atoms with Gasteiger partial charge in [-0.05, 0) is 76.2 Å². The Kier molecular flexibility index (Phi) is 4.91. The first-order valence-corrected chi connectivity index (χ1v) is 11.3. The molecule has 6 rings (SSSR count). The number of cyclic esters (lactones) is 2. The number of carbonyl (C=O) groups is 4. The number of ether oxygens (including phenoxy) is 2. The third-order valence-electron chi connectivity index (χ3n) is 6.56. The Balaban J connectivity index is 1.39. The second-order valence-corrected chi connectivity index (χ2v) is 8.66. The predicted octanol–water partition coefficient (Wildman–Crippen LogP) is 5.42. The SMILES string of the molecule is O=C(O)c1ccc(Oc2ccc(-c3cc4c(c5c3C(=O)OC5=O)Cc3ccccc3-4)cc2)cc1C(=O)O. The summed E-state index contributed by atoms with van der Waals surface area (Å²) in [5, 5.41) is 18.5. The van der Waals surface area contributed by atoms with Crippen molar-refractivity contribution < 1.29 is 38.9 Å². The molecule has 8 heteroatoms. The molecule has 0 aromatic heterocycles. The topological polar surface area (TPSA) is 127 Å². The standard InChI is InChI=1S/C29H16O8/c30-26(31)19-10-9-17(12-23(19)27(32)33)36-16-7-5-14(6-8-16)20-13-21-18-4-2-1-3-15(18)11-22(21)25-24(20)28(34)37-29(25)35/h1-10,12-13H,11H2,(H,30,31)(H,32,33). The maximum Gasteiger partial charge on any atom is 0.347 e. The summed E-state index contributed by atoms with van der Waals surface area (Å²) in [7, 11) is 0. The molecule has 2 N–H and O–H groups in total. The van der Waals surface area contributed by atoms with Crippen molar-refractivity contribution in [1.82, 2.24) is 0 Å². The molecule has 2 aliphatic rings. The van der Waals surface area contributed by atoms with Gasteiger partial charge in [0.25, 0.3) is 0 Å². The summed E-state index contributed by atoms with van der Waals surface area (Å²) >= 11 is 0. The lowest BCUT2D eigenvalue weighted by atomic mass is 9.89. The summed E-state index contributed by atoms with van der Waals surface area (Å²) in [6.07, 6.45) is 0.544. The average molecular weight is 492 g/mol. The van der Waals surface area contributed by atoms with E-state index in [4.69, 9.17) is 9.47 Å². The highest BCUT2D eigenvalue weighted by atomic mass is 16.6. The van der Waals surface area contributed by atoms with Gasteiger partial charge in [-0.25, -0.2) is 19.2 Å². The lowest BCUT2D eigenvalue weighted by molar-refractivity contribution is 0.0442. The fraction of sp³-hybridized carbons (Fsp3) is 0.0345. The maximum atomic E-state index is 12.7. The third-order valence-corrected chi connectivity index (χ3v) is 6.56. The molecule has 0 bridgehead atoms. The van der Waals surface area contributed by atoms with Crippen LogP contribution in [0.5, 0.6) is 11.5 Å². The molecule has 0 radical (unpaired) electrons. The normalized spacial score (nSPS) is 13.0. The van der Waals surface area contributed by atoms with Gasteiger partial charge < -0.3 is 19.7 Å². The van der Waals surface area contributed by atoms with Gasteiger partial charge in [-0.1, -0.05) is 36.4 Å². The highest BCUT2D eigenvalue weighted by Crippen LogP contribution is 2.45. The number of fused-ring (bicyclic) bond motifs is 5. The Morgan fingerprint density at radius 3 is 2.11 bits per heavy atom. The first-order valence-electron chi connectivity index (χ1n) is 11.3. The van der Waals surface area contributed by atoms with E-state index in [0.717, 1.165) is 28.3 Å². The molecule has 1 aliphatic carbocycles. The predicted molar refractivity (Wildman–Crippen MR) is 130 cm³/mol. The highest BCUT2D eigenvalue weighted by Gasteiger charge is 2.38. The van der Waals surface area contributed by atoms with Gasteiger partial charge in [0.2, 0.25) is 0 Å². The molecule has 0 fully saturated rings. The minimum Gasteiger partial charge on any atom is -0.478 e. The number of hydrogen-bond acceptors (Lipinski definition) is 6. The maximum absolute atomic E-state index is 12.7. The Bertz CT molecular complexity index is 1680. The lowest BCUT2D eigenvalue weighted by Gasteiger charge is -2.12. The molecule has 1 heterocycles. The van der Waals surface area contributed by atoms with Crippen molar-refractivity contribution in [3.63, 3.8) is 0 Å². The first-order chi connectivity index (χ1) is 17.8. The van der Waals surface area contributed by atoms with Crippen LogP contribution in [0.4, 0.5) is 0 Å². The van der Waals surface area contributed by atoms with E-state index in [-0.39, 0.29) is 16.9 Å². The highest BCUT2D eigenvalue weighted by molar-refractivity contribution is 6.20. The molecule has 1 aliphatic heterocycles. The fourth-order valence-electron chi connectivity index (χ4n) is 4.92. The van der Waals surface area contributed by atoms with Crippen molar-refractivity contribution in [3.05, 3.63) is 106 Å². The molecule has 0 saturated heterocycles. The molecule has 0 saturated carbocycles. The Morgan fingerprint density at radius 1 is 0.703 bits per heavy atom. The molecule has 4 aromatic carbocycles. The zero-order valence-electron chi connectivity index (χ0n) is 19.0. The molecule has 0 spiro atoms. The molecule has 0 atom stereocenters. The quantitative estimate of drug-likeness (QED) is 0.246. The van der Waals surface area contributed by atoms with Gasteiger partial charge in [0.15, 0.2) is 0 Å². The van der Waals surface area contributed by atoms with Gasteiger partial charge in [0.1, 0.15) is 11.5 Å². The summed E-state index contributed by atoms with van der Waals surface area (Å²) in [6.45, 7) is 0. The first kappa shape index (κ1) is 22.2. The van der Waals surface area contributed by atoms with E-state index in [1.165, 1.54) is 12.1 Å². The van der Waals surface area contributed by atoms with Gasteiger partial charge in [-0.15, -0.1) is 0 Å². The second-order valence-electron chi connectivity index (χ2n) is 8.66. The van der Waals surface area contributed by atoms with Crippen LogP contribution >= 0.6 is 0 Å². The van der Waals surface area contributed by atoms with Crippen LogP contribution in [0.2, 0.25) is 0 Å². The van der Waals surface area contributed by atoms with Crippen molar-refractivity contribution in [2.45, 2.75) is 6.42 Å². The summed E-state index contributed by atoms with van der Waals surface area (Å²) < 4.78 is 10.7. The monoisotopic (exact) mass is 492 g/mol. The third kappa shape index (κ3) is 3.54. The fourth-order valence-corrected chi connectivity index (χ4v) is 4.92. The Morgan fingerprint density at radius 2 is 1.38 bits per heavy atom. The van der Waals surface area contributed by atoms with Crippen molar-refractivity contribution in [2.75, 3.05) is 0 Å². The van der Waals surface area contributed by atoms with Crippen LogP contribution in [0.3, 0.4) is 0 Å². The van der Waals surface area contributed by atoms with Gasteiger partial charge >= 0.3 is 23.9 Å². The molecule has 180 valence electrons. The number of carbonyl (C=O) groups excluding carboxylic acids is 2. The minimum atomic E-state index is -1.38. The molecule has 8 nitrogen and oxygen atoms in total. The number of carboxylic acids is 2. The van der Waals surface area contributed by atoms with Gasteiger partial charge in [0, 0.05) is 0 Å². The van der Waals surface area contributed by atoms with E-state index in [9.17, 15) is 29.4 Å². The zero-order valence-corrected chi connectivity index (χ0v) is 19.0. The van der Waals surface area contributed by atoms with Crippen molar-refractivity contribution in [3.8, 4) is 33.8 Å². The van der Waals surface area contributed by atoms with E-state index in [0.29, 0.717) is 28.9 Å². The van der Waals surface area contributed by atoms with E-state index in [1.54, 1.807) is 24.3 Å². The number of esters is 2. The zero-order chi connectivity index (χ0) is 25.8.